The highest BCUT2D eigenvalue weighted by molar-refractivity contribution is 6.31. The van der Waals surface area contributed by atoms with Crippen molar-refractivity contribution in [1.82, 2.24) is 10.6 Å². The van der Waals surface area contributed by atoms with Gasteiger partial charge in [-0.1, -0.05) is 74.6 Å². The van der Waals surface area contributed by atoms with E-state index in [0.717, 1.165) is 19.5 Å². The lowest BCUT2D eigenvalue weighted by Crippen LogP contribution is -2.12. The monoisotopic (exact) mass is 332 g/mol. The van der Waals surface area contributed by atoms with Gasteiger partial charge in [-0.2, -0.15) is 0 Å². The molecule has 0 aromatic heterocycles. The molecule has 0 aliphatic carbocycles. The Morgan fingerprint density at radius 3 is 2.61 bits per heavy atom. The third-order valence-electron chi connectivity index (χ3n) is 2.85. The third kappa shape index (κ3) is 11.3. The van der Waals surface area contributed by atoms with E-state index in [9.17, 15) is 0 Å². The van der Waals surface area contributed by atoms with Gasteiger partial charge in [0.25, 0.3) is 0 Å². The van der Waals surface area contributed by atoms with Crippen LogP contribution in [0.25, 0.3) is 0 Å². The zero-order valence-corrected chi connectivity index (χ0v) is 15.2. The number of allylic oxidation sites excluding steroid dienone is 9. The van der Waals surface area contributed by atoms with E-state index in [2.05, 4.69) is 47.6 Å². The van der Waals surface area contributed by atoms with Gasteiger partial charge < -0.3 is 10.6 Å². The molecule has 2 N–H and O–H groups in total. The fourth-order valence-electron chi connectivity index (χ4n) is 1.70. The normalized spacial score (nSPS) is 15.9. The molecule has 0 aromatic carbocycles. The maximum atomic E-state index is 5.39. The lowest BCUT2D eigenvalue weighted by molar-refractivity contribution is 0.894. The molecule has 23 heavy (non-hydrogen) atoms. The van der Waals surface area contributed by atoms with Crippen LogP contribution in [0.15, 0.2) is 83.8 Å². The molecule has 0 atom stereocenters. The van der Waals surface area contributed by atoms with Gasteiger partial charge in [0.2, 0.25) is 0 Å². The van der Waals surface area contributed by atoms with Gasteiger partial charge in [0.15, 0.2) is 0 Å². The summed E-state index contributed by atoms with van der Waals surface area (Å²) in [5.74, 6) is 0. The first-order valence-corrected chi connectivity index (χ1v) is 8.43. The topological polar surface area (TPSA) is 24.1 Å². The van der Waals surface area contributed by atoms with Crippen molar-refractivity contribution in [3.05, 3.63) is 83.8 Å². The standard InChI is InChI=1S/C13H16N2.C5H7Cl.C2H6/c1(4-12-6-2-8-14-10-12)5-13-7-3-9-15-11-13;1-3-5(6)4-2;1-2/h1-4,6-7,9-10,14-15H,5,8,11H2;3-4H,1H2,2H3;1-2H3/b4-1+;5-4+;. The van der Waals surface area contributed by atoms with Crippen molar-refractivity contribution in [2.75, 3.05) is 13.1 Å². The Hall–Kier alpha value is -1.93. The van der Waals surface area contributed by atoms with Gasteiger partial charge in [-0.15, -0.1) is 0 Å². The smallest absolute Gasteiger partial charge is 0.0360 e. The Bertz CT molecular complexity index is 506. The number of hydrogen-bond donors (Lipinski definition) is 2. The molecule has 3 heteroatoms. The molecule has 0 fully saturated rings. The van der Waals surface area contributed by atoms with Crippen LogP contribution >= 0.6 is 11.6 Å². The SMILES string of the molecule is C1=CNCC(C/C=C/C2=CNCC=C2)=C1.C=C/C(Cl)=C\C.CC. The van der Waals surface area contributed by atoms with Gasteiger partial charge in [0.05, 0.1) is 0 Å². The fourth-order valence-corrected chi connectivity index (χ4v) is 1.70. The summed E-state index contributed by atoms with van der Waals surface area (Å²) in [5, 5.41) is 7.09. The summed E-state index contributed by atoms with van der Waals surface area (Å²) in [6.45, 7) is 11.2. The summed E-state index contributed by atoms with van der Waals surface area (Å²) < 4.78 is 0. The van der Waals surface area contributed by atoms with Crippen LogP contribution in [0.3, 0.4) is 0 Å². The second-order valence-electron chi connectivity index (χ2n) is 4.50. The molecule has 0 amide bonds. The average molecular weight is 333 g/mol. The minimum absolute atomic E-state index is 0.704. The average Bonchev–Trinajstić information content (AvgIpc) is 2.65. The first kappa shape index (κ1) is 21.1. The van der Waals surface area contributed by atoms with Crippen LogP contribution in [0.2, 0.25) is 0 Å². The van der Waals surface area contributed by atoms with Crippen LogP contribution in [0.5, 0.6) is 0 Å². The van der Waals surface area contributed by atoms with Crippen LogP contribution in [0, 0.1) is 0 Å². The molecule has 0 unspecified atom stereocenters. The summed E-state index contributed by atoms with van der Waals surface area (Å²) in [7, 11) is 0. The predicted molar refractivity (Wildman–Crippen MR) is 105 cm³/mol. The Kier molecular flexibility index (Phi) is 13.7. The molecule has 0 radical (unpaired) electrons. The van der Waals surface area contributed by atoms with Crippen LogP contribution in [-0.4, -0.2) is 13.1 Å². The molecule has 2 heterocycles. The van der Waals surface area contributed by atoms with E-state index in [0.29, 0.717) is 5.03 Å². The Morgan fingerprint density at radius 2 is 2.13 bits per heavy atom. The molecule has 126 valence electrons. The molecular formula is C20H29ClN2. The molecular weight excluding hydrogens is 304 g/mol. The largest absolute Gasteiger partial charge is 0.387 e. The molecule has 0 spiro atoms. The van der Waals surface area contributed by atoms with E-state index >= 15 is 0 Å². The van der Waals surface area contributed by atoms with Gasteiger partial charge in [-0.05, 0) is 36.8 Å². The zero-order chi connectivity index (χ0) is 17.3. The number of dihydropyridines is 2. The zero-order valence-electron chi connectivity index (χ0n) is 14.5. The molecule has 2 aliphatic rings. The van der Waals surface area contributed by atoms with Crippen LogP contribution in [0.1, 0.15) is 27.2 Å². The van der Waals surface area contributed by atoms with Gasteiger partial charge in [-0.25, -0.2) is 0 Å². The first-order chi connectivity index (χ1) is 11.3. The Labute approximate surface area is 146 Å². The summed E-state index contributed by atoms with van der Waals surface area (Å²) in [4.78, 5) is 0. The Balaban J connectivity index is 0.000000515. The highest BCUT2D eigenvalue weighted by Crippen LogP contribution is 2.08. The van der Waals surface area contributed by atoms with Crippen molar-refractivity contribution < 1.29 is 0 Å². The first-order valence-electron chi connectivity index (χ1n) is 8.05. The molecule has 0 saturated carbocycles. The summed E-state index contributed by atoms with van der Waals surface area (Å²) in [6, 6.07) is 0. The van der Waals surface area contributed by atoms with E-state index in [4.69, 9.17) is 11.6 Å². The maximum absolute atomic E-state index is 5.39. The Morgan fingerprint density at radius 1 is 1.35 bits per heavy atom. The highest BCUT2D eigenvalue weighted by atomic mass is 35.5. The van der Waals surface area contributed by atoms with Crippen molar-refractivity contribution in [3.63, 3.8) is 0 Å². The minimum atomic E-state index is 0.704. The lowest BCUT2D eigenvalue weighted by atomic mass is 10.1. The van der Waals surface area contributed by atoms with E-state index in [1.165, 1.54) is 11.1 Å². The van der Waals surface area contributed by atoms with Crippen molar-refractivity contribution in [3.8, 4) is 0 Å². The second kappa shape index (κ2) is 15.0. The van der Waals surface area contributed by atoms with Gasteiger partial charge in [-0.3, -0.25) is 0 Å². The van der Waals surface area contributed by atoms with Gasteiger partial charge >= 0.3 is 0 Å². The molecule has 0 saturated heterocycles. The van der Waals surface area contributed by atoms with Crippen molar-refractivity contribution in [1.29, 1.82) is 0 Å². The fraction of sp³-hybridized carbons (Fsp3) is 0.300. The number of nitrogens with one attached hydrogen (secondary N) is 2. The van der Waals surface area contributed by atoms with Crippen molar-refractivity contribution in [2.24, 2.45) is 0 Å². The third-order valence-corrected chi connectivity index (χ3v) is 3.22. The van der Waals surface area contributed by atoms with E-state index in [1.807, 2.05) is 39.2 Å². The van der Waals surface area contributed by atoms with Crippen LogP contribution in [-0.2, 0) is 0 Å². The summed E-state index contributed by atoms with van der Waals surface area (Å²) in [6.07, 6.45) is 21.3. The second-order valence-corrected chi connectivity index (χ2v) is 4.94. The summed E-state index contributed by atoms with van der Waals surface area (Å²) >= 11 is 5.39. The molecule has 0 bridgehead atoms. The molecule has 2 nitrogen and oxygen atoms in total. The molecule has 2 aliphatic heterocycles. The number of rotatable bonds is 4. The van der Waals surface area contributed by atoms with Crippen LogP contribution in [0.4, 0.5) is 0 Å². The lowest BCUT2D eigenvalue weighted by Gasteiger charge is -2.08. The molecule has 2 rings (SSSR count). The highest BCUT2D eigenvalue weighted by Gasteiger charge is 1.96. The van der Waals surface area contributed by atoms with Crippen molar-refractivity contribution >= 4 is 11.6 Å². The predicted octanol–water partition coefficient (Wildman–Crippen LogP) is 5.36. The van der Waals surface area contributed by atoms with E-state index < -0.39 is 0 Å². The van der Waals surface area contributed by atoms with E-state index in [1.54, 1.807) is 12.2 Å². The molecule has 0 aromatic rings. The van der Waals surface area contributed by atoms with Gasteiger partial charge in [0, 0.05) is 24.3 Å². The van der Waals surface area contributed by atoms with Crippen LogP contribution < -0.4 is 10.6 Å². The minimum Gasteiger partial charge on any atom is -0.387 e. The van der Waals surface area contributed by atoms with Gasteiger partial charge in [0.1, 0.15) is 0 Å². The maximum Gasteiger partial charge on any atom is 0.0360 e. The van der Waals surface area contributed by atoms with E-state index in [-0.39, 0.29) is 0 Å². The van der Waals surface area contributed by atoms with Crippen molar-refractivity contribution in [2.45, 2.75) is 27.2 Å². The summed E-state index contributed by atoms with van der Waals surface area (Å²) in [5.41, 5.74) is 2.66. The number of hydrogen-bond acceptors (Lipinski definition) is 2. The number of halogens is 1. The quantitative estimate of drug-likeness (QED) is 0.677.